The summed E-state index contributed by atoms with van der Waals surface area (Å²) in [5.74, 6) is 0.0981. The second kappa shape index (κ2) is 7.26. The zero-order chi connectivity index (χ0) is 13.7. The minimum atomic E-state index is -0.138. The van der Waals surface area contributed by atoms with Crippen molar-refractivity contribution in [3.63, 3.8) is 0 Å². The van der Waals surface area contributed by atoms with E-state index in [-0.39, 0.29) is 17.9 Å². The number of thiophene rings is 1. The van der Waals surface area contributed by atoms with Crippen LogP contribution >= 0.6 is 27.3 Å². The summed E-state index contributed by atoms with van der Waals surface area (Å²) in [5, 5.41) is 0. The van der Waals surface area contributed by atoms with Crippen LogP contribution in [0.1, 0.15) is 43.2 Å². The summed E-state index contributed by atoms with van der Waals surface area (Å²) in [6.45, 7) is 6.35. The summed E-state index contributed by atoms with van der Waals surface area (Å²) in [4.78, 5) is 12.5. The molecule has 0 saturated heterocycles. The summed E-state index contributed by atoms with van der Waals surface area (Å²) in [7, 11) is 0. The van der Waals surface area contributed by atoms with Crippen LogP contribution in [0.3, 0.4) is 0 Å². The first-order valence-electron chi connectivity index (χ1n) is 6.11. The molecule has 1 aromatic rings. The van der Waals surface area contributed by atoms with Gasteiger partial charge in [0.15, 0.2) is 0 Å². The molecule has 0 fully saturated rings. The maximum atomic E-state index is 11.4. The van der Waals surface area contributed by atoms with Crippen molar-refractivity contribution < 1.29 is 9.53 Å². The fourth-order valence-electron chi connectivity index (χ4n) is 1.80. The molecule has 1 rings (SSSR count). The molecule has 1 aromatic heterocycles. The number of aryl methyl sites for hydroxylation is 1. The van der Waals surface area contributed by atoms with Gasteiger partial charge in [0, 0.05) is 17.3 Å². The summed E-state index contributed by atoms with van der Waals surface area (Å²) in [6.07, 6.45) is 1.23. The third kappa shape index (κ3) is 4.71. The van der Waals surface area contributed by atoms with Gasteiger partial charge in [0.2, 0.25) is 0 Å². The average molecular weight is 334 g/mol. The van der Waals surface area contributed by atoms with Crippen molar-refractivity contribution >= 4 is 33.2 Å². The van der Waals surface area contributed by atoms with Crippen LogP contribution in [0.4, 0.5) is 0 Å². The number of esters is 1. The Labute approximate surface area is 121 Å². The molecule has 3 nitrogen and oxygen atoms in total. The van der Waals surface area contributed by atoms with E-state index in [2.05, 4.69) is 28.9 Å². The lowest BCUT2D eigenvalue weighted by Crippen LogP contribution is -2.16. The second-order valence-corrected chi connectivity index (χ2v) is 6.96. The van der Waals surface area contributed by atoms with Crippen molar-refractivity contribution in [1.82, 2.24) is 0 Å². The molecule has 102 valence electrons. The van der Waals surface area contributed by atoms with Crippen molar-refractivity contribution in [2.75, 3.05) is 6.61 Å². The lowest BCUT2D eigenvalue weighted by atomic mass is 9.98. The smallest absolute Gasteiger partial charge is 0.306 e. The molecule has 18 heavy (non-hydrogen) atoms. The van der Waals surface area contributed by atoms with E-state index in [1.54, 1.807) is 11.3 Å². The number of halogens is 1. The predicted molar refractivity (Wildman–Crippen MR) is 78.7 cm³/mol. The lowest BCUT2D eigenvalue weighted by Gasteiger charge is -2.15. The number of hydrogen-bond donors (Lipinski definition) is 1. The van der Waals surface area contributed by atoms with Gasteiger partial charge in [0.05, 0.1) is 10.4 Å². The largest absolute Gasteiger partial charge is 0.466 e. The monoisotopic (exact) mass is 333 g/mol. The molecule has 0 aliphatic heterocycles. The quantitative estimate of drug-likeness (QED) is 0.805. The standard InChI is InChI=1S/C13H20BrNO2S/c1-4-17-12(16)6-8(2)5-10(15)11-7-9(3)13(14)18-11/h7-8,10H,4-6,15H2,1-3H3. The van der Waals surface area contributed by atoms with Crippen LogP contribution in [0.2, 0.25) is 0 Å². The van der Waals surface area contributed by atoms with Gasteiger partial charge in [-0.2, -0.15) is 0 Å². The highest BCUT2D eigenvalue weighted by atomic mass is 79.9. The third-order valence-electron chi connectivity index (χ3n) is 2.72. The minimum absolute atomic E-state index is 0.00979. The van der Waals surface area contributed by atoms with Crippen molar-refractivity contribution in [2.24, 2.45) is 11.7 Å². The Bertz CT molecular complexity index is 386. The maximum absolute atomic E-state index is 11.4. The summed E-state index contributed by atoms with van der Waals surface area (Å²) in [5.41, 5.74) is 7.38. The van der Waals surface area contributed by atoms with Crippen molar-refractivity contribution in [3.8, 4) is 0 Å². The van der Waals surface area contributed by atoms with Gasteiger partial charge < -0.3 is 10.5 Å². The Morgan fingerprint density at radius 2 is 2.28 bits per heavy atom. The van der Waals surface area contributed by atoms with E-state index in [1.807, 2.05) is 13.8 Å². The summed E-state index contributed by atoms with van der Waals surface area (Å²) < 4.78 is 6.07. The Morgan fingerprint density at radius 3 is 2.78 bits per heavy atom. The number of nitrogens with two attached hydrogens (primary N) is 1. The van der Waals surface area contributed by atoms with Gasteiger partial charge in [-0.3, -0.25) is 4.79 Å². The zero-order valence-corrected chi connectivity index (χ0v) is 13.4. The van der Waals surface area contributed by atoms with E-state index in [9.17, 15) is 4.79 Å². The van der Waals surface area contributed by atoms with E-state index in [1.165, 1.54) is 5.56 Å². The molecule has 0 bridgehead atoms. The Kier molecular flexibility index (Phi) is 6.32. The minimum Gasteiger partial charge on any atom is -0.466 e. The molecule has 2 atom stereocenters. The van der Waals surface area contributed by atoms with E-state index < -0.39 is 0 Å². The van der Waals surface area contributed by atoms with Gasteiger partial charge in [0.25, 0.3) is 0 Å². The summed E-state index contributed by atoms with van der Waals surface area (Å²) >= 11 is 5.17. The topological polar surface area (TPSA) is 52.3 Å². The molecular weight excluding hydrogens is 314 g/mol. The van der Waals surface area contributed by atoms with Crippen LogP contribution < -0.4 is 5.73 Å². The van der Waals surface area contributed by atoms with Gasteiger partial charge in [-0.15, -0.1) is 11.3 Å². The molecule has 1 heterocycles. The van der Waals surface area contributed by atoms with Crippen LogP contribution in [0.15, 0.2) is 9.85 Å². The van der Waals surface area contributed by atoms with Crippen molar-refractivity contribution in [1.29, 1.82) is 0 Å². The van der Waals surface area contributed by atoms with Gasteiger partial charge in [-0.1, -0.05) is 6.92 Å². The average Bonchev–Trinajstić information content (AvgIpc) is 2.59. The first-order valence-corrected chi connectivity index (χ1v) is 7.72. The molecule has 0 spiro atoms. The first-order chi connectivity index (χ1) is 8.43. The number of carbonyl (C=O) groups excluding carboxylic acids is 1. The number of rotatable bonds is 6. The SMILES string of the molecule is CCOC(=O)CC(C)CC(N)c1cc(C)c(Br)s1. The van der Waals surface area contributed by atoms with Crippen LogP contribution in [-0.2, 0) is 9.53 Å². The van der Waals surface area contributed by atoms with E-state index >= 15 is 0 Å². The fraction of sp³-hybridized carbons (Fsp3) is 0.615. The predicted octanol–water partition coefficient (Wildman–Crippen LogP) is 3.80. The van der Waals surface area contributed by atoms with Crippen LogP contribution in [-0.4, -0.2) is 12.6 Å². The third-order valence-corrected chi connectivity index (χ3v) is 4.99. The van der Waals surface area contributed by atoms with Gasteiger partial charge in [0.1, 0.15) is 0 Å². The van der Waals surface area contributed by atoms with Gasteiger partial charge >= 0.3 is 5.97 Å². The van der Waals surface area contributed by atoms with E-state index in [0.29, 0.717) is 13.0 Å². The Balaban J connectivity index is 2.48. The second-order valence-electron chi connectivity index (χ2n) is 4.56. The highest BCUT2D eigenvalue weighted by Gasteiger charge is 2.17. The number of hydrogen-bond acceptors (Lipinski definition) is 4. The lowest BCUT2D eigenvalue weighted by molar-refractivity contribution is -0.144. The van der Waals surface area contributed by atoms with Crippen LogP contribution in [0, 0.1) is 12.8 Å². The van der Waals surface area contributed by atoms with Gasteiger partial charge in [-0.25, -0.2) is 0 Å². The highest BCUT2D eigenvalue weighted by Crippen LogP contribution is 2.33. The molecule has 0 aliphatic rings. The first kappa shape index (κ1) is 15.7. The van der Waals surface area contributed by atoms with E-state index in [0.717, 1.165) is 15.1 Å². The van der Waals surface area contributed by atoms with Gasteiger partial charge in [-0.05, 0) is 53.7 Å². The molecule has 2 unspecified atom stereocenters. The molecule has 0 aliphatic carbocycles. The Morgan fingerprint density at radius 1 is 1.61 bits per heavy atom. The summed E-state index contributed by atoms with van der Waals surface area (Å²) in [6, 6.07) is 2.10. The molecule has 0 radical (unpaired) electrons. The van der Waals surface area contributed by atoms with Crippen molar-refractivity contribution in [3.05, 3.63) is 20.3 Å². The van der Waals surface area contributed by atoms with Crippen LogP contribution in [0.5, 0.6) is 0 Å². The molecule has 5 heteroatoms. The van der Waals surface area contributed by atoms with E-state index in [4.69, 9.17) is 10.5 Å². The normalized spacial score (nSPS) is 14.3. The van der Waals surface area contributed by atoms with Crippen LogP contribution in [0.25, 0.3) is 0 Å². The number of ether oxygens (including phenoxy) is 1. The highest BCUT2D eigenvalue weighted by molar-refractivity contribution is 9.11. The molecular formula is C13H20BrNO2S. The molecule has 0 amide bonds. The number of carbonyl (C=O) groups is 1. The molecule has 2 N–H and O–H groups in total. The maximum Gasteiger partial charge on any atom is 0.306 e. The fourth-order valence-corrected chi connectivity index (χ4v) is 3.39. The Hall–Kier alpha value is -0.390. The zero-order valence-electron chi connectivity index (χ0n) is 11.0. The van der Waals surface area contributed by atoms with Crippen molar-refractivity contribution in [2.45, 2.75) is 39.7 Å². The molecule has 0 aromatic carbocycles. The molecule has 0 saturated carbocycles.